The fourth-order valence-electron chi connectivity index (χ4n) is 4.25. The van der Waals surface area contributed by atoms with Gasteiger partial charge >= 0.3 is 0 Å². The third-order valence-electron chi connectivity index (χ3n) is 6.28. The molecular formula is C24H30N2O7. The van der Waals surface area contributed by atoms with Gasteiger partial charge < -0.3 is 34.8 Å². The maximum absolute atomic E-state index is 12.7. The molecule has 0 aromatic heterocycles. The van der Waals surface area contributed by atoms with Crippen LogP contribution in [-0.2, 0) is 4.74 Å². The molecule has 2 heterocycles. The van der Waals surface area contributed by atoms with E-state index in [1.807, 2.05) is 35.2 Å². The van der Waals surface area contributed by atoms with E-state index >= 15 is 0 Å². The molecular weight excluding hydrogens is 428 g/mol. The highest BCUT2D eigenvalue weighted by atomic mass is 16.7. The molecule has 2 aromatic rings. The molecule has 0 aliphatic carbocycles. The van der Waals surface area contributed by atoms with Crippen LogP contribution in [0.15, 0.2) is 42.5 Å². The number of hydrogen-bond donors (Lipinski definition) is 5. The average molecular weight is 459 g/mol. The molecule has 9 nitrogen and oxygen atoms in total. The number of amides is 1. The summed E-state index contributed by atoms with van der Waals surface area (Å²) >= 11 is 0. The Hall–Kier alpha value is -2.53. The summed E-state index contributed by atoms with van der Waals surface area (Å²) in [7, 11) is 0. The Balaban J connectivity index is 1.54. The van der Waals surface area contributed by atoms with Crippen molar-refractivity contribution in [1.29, 1.82) is 0 Å². The minimum atomic E-state index is -2.39. The van der Waals surface area contributed by atoms with Crippen LogP contribution in [0.3, 0.4) is 0 Å². The maximum Gasteiger partial charge on any atom is 0.253 e. The summed E-state index contributed by atoms with van der Waals surface area (Å²) in [6.45, 7) is 2.78. The van der Waals surface area contributed by atoms with Crippen molar-refractivity contribution in [1.82, 2.24) is 4.90 Å². The molecule has 0 spiro atoms. The molecule has 2 aromatic carbocycles. The van der Waals surface area contributed by atoms with E-state index in [0.29, 0.717) is 16.9 Å². The highest BCUT2D eigenvalue weighted by Gasteiger charge is 2.54. The van der Waals surface area contributed by atoms with Crippen LogP contribution in [0.5, 0.6) is 5.75 Å². The number of benzene rings is 2. The number of aryl methyl sites for hydroxylation is 1. The number of rotatable bonds is 5. The molecule has 9 heteroatoms. The number of hydrogen-bond acceptors (Lipinski definition) is 8. The third kappa shape index (κ3) is 4.61. The summed E-state index contributed by atoms with van der Waals surface area (Å²) in [6, 6.07) is 12.8. The van der Waals surface area contributed by atoms with Crippen LogP contribution in [0, 0.1) is 6.92 Å². The number of carbonyl (C=O) groups excluding carboxylic acids is 1. The Kier molecular flexibility index (Phi) is 6.71. The molecule has 6 N–H and O–H groups in total. The molecule has 1 amide bonds. The van der Waals surface area contributed by atoms with Crippen molar-refractivity contribution in [3.8, 4) is 16.9 Å². The number of ether oxygens (including phenoxy) is 2. The Labute approximate surface area is 192 Å². The van der Waals surface area contributed by atoms with Gasteiger partial charge in [0.2, 0.25) is 12.0 Å². The third-order valence-corrected chi connectivity index (χ3v) is 6.28. The highest BCUT2D eigenvalue weighted by Crippen LogP contribution is 2.32. The monoisotopic (exact) mass is 458 g/mol. The van der Waals surface area contributed by atoms with Crippen molar-refractivity contribution in [3.05, 3.63) is 53.6 Å². The van der Waals surface area contributed by atoms with Gasteiger partial charge in [0, 0.05) is 18.7 Å². The summed E-state index contributed by atoms with van der Waals surface area (Å²) in [5, 5.41) is 39.9. The van der Waals surface area contributed by atoms with Gasteiger partial charge in [-0.1, -0.05) is 18.2 Å². The lowest BCUT2D eigenvalue weighted by Gasteiger charge is -2.45. The van der Waals surface area contributed by atoms with Crippen LogP contribution in [0.1, 0.15) is 28.8 Å². The molecule has 4 rings (SSSR count). The first-order chi connectivity index (χ1) is 15.7. The molecule has 5 atom stereocenters. The van der Waals surface area contributed by atoms with E-state index in [9.17, 15) is 25.2 Å². The summed E-state index contributed by atoms with van der Waals surface area (Å²) in [6.07, 6.45) is -3.95. The average Bonchev–Trinajstić information content (AvgIpc) is 3.35. The predicted octanol–water partition coefficient (Wildman–Crippen LogP) is 0.363. The summed E-state index contributed by atoms with van der Waals surface area (Å²) in [5.74, 6) is 0.374. The van der Waals surface area contributed by atoms with Gasteiger partial charge in [0.05, 0.1) is 6.61 Å². The number of nitrogens with two attached hydrogens (primary N) is 1. The first-order valence-corrected chi connectivity index (χ1v) is 11.0. The molecule has 2 aliphatic heterocycles. The zero-order valence-corrected chi connectivity index (χ0v) is 18.4. The summed E-state index contributed by atoms with van der Waals surface area (Å²) < 4.78 is 11.1. The second-order valence-electron chi connectivity index (χ2n) is 8.69. The molecule has 0 saturated carbocycles. The second kappa shape index (κ2) is 9.38. The molecule has 2 aliphatic rings. The van der Waals surface area contributed by atoms with E-state index in [1.54, 1.807) is 19.1 Å². The standard InChI is InChI=1S/C24H30N2O7/c1-14-11-16(15-5-4-6-17(12-15)22(30)26-9-2-3-10-26)7-8-18(14)32-23-24(25,31)21(29)20(28)19(13-27)33-23/h4-8,11-12,19-21,23,27-29,31H,2-3,9-10,13,25H2,1H3/t19-,20-,21+,23+,24+/m1/s1. The smallest absolute Gasteiger partial charge is 0.253 e. The zero-order valence-electron chi connectivity index (χ0n) is 18.4. The molecule has 0 bridgehead atoms. The first-order valence-electron chi connectivity index (χ1n) is 11.0. The largest absolute Gasteiger partial charge is 0.460 e. The quantitative estimate of drug-likeness (QED) is 0.404. The van der Waals surface area contributed by atoms with Gasteiger partial charge in [0.25, 0.3) is 5.91 Å². The van der Waals surface area contributed by atoms with Crippen LogP contribution in [-0.4, -0.2) is 81.3 Å². The zero-order chi connectivity index (χ0) is 23.8. The minimum Gasteiger partial charge on any atom is -0.460 e. The Morgan fingerprint density at radius 3 is 2.55 bits per heavy atom. The Morgan fingerprint density at radius 1 is 1.18 bits per heavy atom. The molecule has 0 radical (unpaired) electrons. The van der Waals surface area contributed by atoms with Crippen LogP contribution < -0.4 is 10.5 Å². The van der Waals surface area contributed by atoms with Crippen molar-refractivity contribution < 1.29 is 34.7 Å². The first kappa shape index (κ1) is 23.6. The van der Waals surface area contributed by atoms with E-state index in [0.717, 1.165) is 37.1 Å². The van der Waals surface area contributed by atoms with Gasteiger partial charge in [0.1, 0.15) is 24.1 Å². The SMILES string of the molecule is Cc1cc(-c2cccc(C(=O)N3CCCC3)c2)ccc1O[C@H]1O[C@H](CO)[C@@H](O)[C@H](O)[C@]1(N)O. The number of nitrogens with zero attached hydrogens (tertiary/aromatic N) is 1. The molecule has 2 saturated heterocycles. The minimum absolute atomic E-state index is 0.0295. The fourth-order valence-corrected chi connectivity index (χ4v) is 4.25. The molecule has 0 unspecified atom stereocenters. The summed E-state index contributed by atoms with van der Waals surface area (Å²) in [5.41, 5.74) is 6.46. The molecule has 2 fully saturated rings. The second-order valence-corrected chi connectivity index (χ2v) is 8.69. The number of carbonyl (C=O) groups is 1. The Bertz CT molecular complexity index is 1010. The van der Waals surface area contributed by atoms with E-state index < -0.39 is 36.9 Å². The normalized spacial score (nSPS) is 29.8. The lowest BCUT2D eigenvalue weighted by Crippen LogP contribution is -2.72. The number of aliphatic hydroxyl groups excluding tert-OH is 3. The lowest BCUT2D eigenvalue weighted by molar-refractivity contribution is -0.319. The van der Waals surface area contributed by atoms with Crippen molar-refractivity contribution in [2.24, 2.45) is 5.73 Å². The van der Waals surface area contributed by atoms with Gasteiger partial charge in [0.15, 0.2) is 0 Å². The van der Waals surface area contributed by atoms with Crippen molar-refractivity contribution in [2.75, 3.05) is 19.7 Å². The fraction of sp³-hybridized carbons (Fsp3) is 0.458. The van der Waals surface area contributed by atoms with Gasteiger partial charge in [-0.2, -0.15) is 0 Å². The van der Waals surface area contributed by atoms with E-state index in [1.165, 1.54) is 0 Å². The van der Waals surface area contributed by atoms with E-state index in [2.05, 4.69) is 0 Å². The number of likely N-dealkylation sites (tertiary alicyclic amines) is 1. The van der Waals surface area contributed by atoms with Gasteiger partial charge in [-0.25, -0.2) is 0 Å². The van der Waals surface area contributed by atoms with Crippen LogP contribution in [0.2, 0.25) is 0 Å². The van der Waals surface area contributed by atoms with Gasteiger partial charge in [-0.05, 0) is 60.7 Å². The van der Waals surface area contributed by atoms with Crippen molar-refractivity contribution in [3.63, 3.8) is 0 Å². The highest BCUT2D eigenvalue weighted by molar-refractivity contribution is 5.95. The number of aliphatic hydroxyl groups is 4. The van der Waals surface area contributed by atoms with Gasteiger partial charge in [-0.15, -0.1) is 0 Å². The molecule has 33 heavy (non-hydrogen) atoms. The van der Waals surface area contributed by atoms with Crippen LogP contribution in [0.4, 0.5) is 0 Å². The van der Waals surface area contributed by atoms with Crippen molar-refractivity contribution in [2.45, 2.75) is 50.1 Å². The van der Waals surface area contributed by atoms with Gasteiger partial charge in [-0.3, -0.25) is 10.5 Å². The van der Waals surface area contributed by atoms with Crippen molar-refractivity contribution >= 4 is 5.91 Å². The maximum atomic E-state index is 12.7. The van der Waals surface area contributed by atoms with E-state index in [4.69, 9.17) is 15.2 Å². The van der Waals surface area contributed by atoms with E-state index in [-0.39, 0.29) is 5.91 Å². The Morgan fingerprint density at radius 2 is 1.88 bits per heavy atom. The topological polar surface area (TPSA) is 146 Å². The predicted molar refractivity (Wildman–Crippen MR) is 119 cm³/mol. The lowest BCUT2D eigenvalue weighted by atomic mass is 9.94. The molecule has 178 valence electrons. The van der Waals surface area contributed by atoms with Crippen LogP contribution in [0.25, 0.3) is 11.1 Å². The summed E-state index contributed by atoms with van der Waals surface area (Å²) in [4.78, 5) is 14.6. The van der Waals surface area contributed by atoms with Crippen LogP contribution >= 0.6 is 0 Å².